The van der Waals surface area contributed by atoms with Gasteiger partial charge in [0.15, 0.2) is 0 Å². The molecule has 2 aromatic rings. The molecule has 2 N–H and O–H groups in total. The first-order valence-corrected chi connectivity index (χ1v) is 6.78. The summed E-state index contributed by atoms with van der Waals surface area (Å²) in [7, 11) is 3.45. The second kappa shape index (κ2) is 7.40. The zero-order valence-electron chi connectivity index (χ0n) is 12.2. The van der Waals surface area contributed by atoms with Crippen LogP contribution in [0, 0.1) is 0 Å². The van der Waals surface area contributed by atoms with Crippen LogP contribution in [-0.2, 0) is 6.42 Å². The number of rotatable bonds is 6. The van der Waals surface area contributed by atoms with Crippen molar-refractivity contribution < 1.29 is 9.53 Å². The molecule has 2 rings (SSSR count). The minimum Gasteiger partial charge on any atom is -0.481 e. The summed E-state index contributed by atoms with van der Waals surface area (Å²) in [6, 6.07) is 11.1. The third-order valence-corrected chi connectivity index (χ3v) is 3.11. The van der Waals surface area contributed by atoms with Gasteiger partial charge in [-0.1, -0.05) is 18.2 Å². The van der Waals surface area contributed by atoms with E-state index in [0.717, 1.165) is 18.5 Å². The number of ether oxygens (including phenoxy) is 1. The molecule has 0 fully saturated rings. The maximum Gasteiger partial charge on any atom is 0.255 e. The van der Waals surface area contributed by atoms with Crippen molar-refractivity contribution in [2.75, 3.05) is 26.0 Å². The number of pyridine rings is 1. The number of hydrogen-bond donors (Lipinski definition) is 2. The van der Waals surface area contributed by atoms with E-state index in [-0.39, 0.29) is 5.91 Å². The van der Waals surface area contributed by atoms with Crippen molar-refractivity contribution in [1.29, 1.82) is 0 Å². The van der Waals surface area contributed by atoms with Gasteiger partial charge in [-0.25, -0.2) is 4.98 Å². The molecule has 1 amide bonds. The number of carbonyl (C=O) groups is 1. The van der Waals surface area contributed by atoms with Gasteiger partial charge in [-0.05, 0) is 37.7 Å². The molecule has 5 nitrogen and oxygen atoms in total. The van der Waals surface area contributed by atoms with Gasteiger partial charge in [0.1, 0.15) is 0 Å². The first-order chi connectivity index (χ1) is 10.2. The van der Waals surface area contributed by atoms with Gasteiger partial charge < -0.3 is 15.4 Å². The summed E-state index contributed by atoms with van der Waals surface area (Å²) in [6.45, 7) is 0.828. The Kier molecular flexibility index (Phi) is 5.29. The Balaban J connectivity index is 2.12. The van der Waals surface area contributed by atoms with E-state index in [4.69, 9.17) is 4.74 Å². The normalized spacial score (nSPS) is 10.2. The largest absolute Gasteiger partial charge is 0.481 e. The molecule has 1 aromatic heterocycles. The van der Waals surface area contributed by atoms with Crippen molar-refractivity contribution in [2.45, 2.75) is 6.42 Å². The fourth-order valence-electron chi connectivity index (χ4n) is 1.99. The molecule has 0 atom stereocenters. The van der Waals surface area contributed by atoms with Gasteiger partial charge in [-0.15, -0.1) is 0 Å². The van der Waals surface area contributed by atoms with E-state index in [0.29, 0.717) is 17.1 Å². The smallest absolute Gasteiger partial charge is 0.255 e. The van der Waals surface area contributed by atoms with Crippen LogP contribution in [0.5, 0.6) is 5.88 Å². The summed E-state index contributed by atoms with van der Waals surface area (Å²) in [5, 5.41) is 5.94. The molecule has 5 heteroatoms. The summed E-state index contributed by atoms with van der Waals surface area (Å²) >= 11 is 0. The van der Waals surface area contributed by atoms with Crippen molar-refractivity contribution in [1.82, 2.24) is 10.3 Å². The number of benzene rings is 1. The van der Waals surface area contributed by atoms with Gasteiger partial charge in [0.2, 0.25) is 5.88 Å². The lowest BCUT2D eigenvalue weighted by atomic mass is 10.0. The summed E-state index contributed by atoms with van der Waals surface area (Å²) in [4.78, 5) is 16.4. The highest BCUT2D eigenvalue weighted by Crippen LogP contribution is 2.15. The average molecular weight is 285 g/mol. The quantitative estimate of drug-likeness (QED) is 0.853. The topological polar surface area (TPSA) is 63.2 Å². The van der Waals surface area contributed by atoms with Crippen molar-refractivity contribution >= 4 is 11.6 Å². The number of methoxy groups -OCH3 is 1. The number of carbonyl (C=O) groups excluding carboxylic acids is 1. The summed E-state index contributed by atoms with van der Waals surface area (Å²) in [5.41, 5.74) is 2.35. The molecule has 1 heterocycles. The molecule has 0 spiro atoms. The molecule has 0 bridgehead atoms. The Morgan fingerprint density at radius 3 is 2.71 bits per heavy atom. The monoisotopic (exact) mass is 285 g/mol. The second-order valence-electron chi connectivity index (χ2n) is 4.55. The highest BCUT2D eigenvalue weighted by molar-refractivity contribution is 6.05. The SMILES string of the molecule is CNCCc1ccccc1C(=O)Nc1ccc(OC)nc1. The molecular weight excluding hydrogens is 266 g/mol. The standard InChI is InChI=1S/C16H19N3O2/c1-17-10-9-12-5-3-4-6-14(12)16(20)19-13-7-8-15(21-2)18-11-13/h3-8,11,17H,9-10H2,1-2H3,(H,19,20). The third kappa shape index (κ3) is 4.03. The predicted molar refractivity (Wildman–Crippen MR) is 82.8 cm³/mol. The van der Waals surface area contributed by atoms with Crippen LogP contribution in [0.2, 0.25) is 0 Å². The Hall–Kier alpha value is -2.40. The van der Waals surface area contributed by atoms with Gasteiger partial charge in [0.25, 0.3) is 5.91 Å². The van der Waals surface area contributed by atoms with Gasteiger partial charge >= 0.3 is 0 Å². The lowest BCUT2D eigenvalue weighted by Gasteiger charge is -2.10. The van der Waals surface area contributed by atoms with Crippen LogP contribution in [0.15, 0.2) is 42.6 Å². The number of hydrogen-bond acceptors (Lipinski definition) is 4. The first kappa shape index (κ1) is 15.0. The minimum absolute atomic E-state index is 0.131. The van der Waals surface area contributed by atoms with E-state index in [1.54, 1.807) is 25.4 Å². The maximum atomic E-state index is 12.4. The van der Waals surface area contributed by atoms with Crippen LogP contribution < -0.4 is 15.4 Å². The lowest BCUT2D eigenvalue weighted by Crippen LogP contribution is -2.17. The van der Waals surface area contributed by atoms with E-state index in [1.807, 2.05) is 31.3 Å². The molecular formula is C16H19N3O2. The second-order valence-corrected chi connectivity index (χ2v) is 4.55. The van der Waals surface area contributed by atoms with E-state index >= 15 is 0 Å². The molecule has 110 valence electrons. The Morgan fingerprint density at radius 1 is 1.24 bits per heavy atom. The van der Waals surface area contributed by atoms with E-state index in [1.165, 1.54) is 0 Å². The molecule has 0 saturated heterocycles. The Bertz CT molecular complexity index is 597. The molecule has 0 aliphatic carbocycles. The number of amides is 1. The minimum atomic E-state index is -0.131. The van der Waals surface area contributed by atoms with Crippen LogP contribution >= 0.6 is 0 Å². The van der Waals surface area contributed by atoms with Crippen LogP contribution in [0.25, 0.3) is 0 Å². The van der Waals surface area contributed by atoms with Gasteiger partial charge in [0.05, 0.1) is 19.0 Å². The van der Waals surface area contributed by atoms with Gasteiger partial charge in [0, 0.05) is 11.6 Å². The van der Waals surface area contributed by atoms with E-state index < -0.39 is 0 Å². The number of aromatic nitrogens is 1. The number of anilines is 1. The highest BCUT2D eigenvalue weighted by Gasteiger charge is 2.11. The molecule has 0 unspecified atom stereocenters. The van der Waals surface area contributed by atoms with E-state index in [9.17, 15) is 4.79 Å². The zero-order chi connectivity index (χ0) is 15.1. The van der Waals surface area contributed by atoms with Crippen molar-refractivity contribution in [3.05, 3.63) is 53.7 Å². The number of nitrogens with zero attached hydrogens (tertiary/aromatic N) is 1. The Morgan fingerprint density at radius 2 is 2.05 bits per heavy atom. The lowest BCUT2D eigenvalue weighted by molar-refractivity contribution is 0.102. The van der Waals surface area contributed by atoms with Gasteiger partial charge in [-0.2, -0.15) is 0 Å². The molecule has 0 aliphatic rings. The zero-order valence-corrected chi connectivity index (χ0v) is 12.2. The fraction of sp³-hybridized carbons (Fsp3) is 0.250. The number of likely N-dealkylation sites (N-methyl/N-ethyl adjacent to an activating group) is 1. The summed E-state index contributed by atoms with van der Waals surface area (Å²) in [5.74, 6) is 0.385. The van der Waals surface area contributed by atoms with Crippen LogP contribution in [0.3, 0.4) is 0 Å². The van der Waals surface area contributed by atoms with E-state index in [2.05, 4.69) is 15.6 Å². The first-order valence-electron chi connectivity index (χ1n) is 6.78. The molecule has 0 aliphatic heterocycles. The fourth-order valence-corrected chi connectivity index (χ4v) is 1.99. The van der Waals surface area contributed by atoms with Crippen molar-refractivity contribution in [3.8, 4) is 5.88 Å². The Labute approximate surface area is 124 Å². The average Bonchev–Trinajstić information content (AvgIpc) is 2.54. The maximum absolute atomic E-state index is 12.4. The van der Waals surface area contributed by atoms with Crippen LogP contribution in [-0.4, -0.2) is 31.6 Å². The van der Waals surface area contributed by atoms with Gasteiger partial charge in [-0.3, -0.25) is 4.79 Å². The number of nitrogens with one attached hydrogen (secondary N) is 2. The van der Waals surface area contributed by atoms with Crippen LogP contribution in [0.4, 0.5) is 5.69 Å². The molecule has 0 radical (unpaired) electrons. The van der Waals surface area contributed by atoms with Crippen molar-refractivity contribution in [2.24, 2.45) is 0 Å². The summed E-state index contributed by atoms with van der Waals surface area (Å²) in [6.07, 6.45) is 2.38. The predicted octanol–water partition coefficient (Wildman–Crippen LogP) is 2.10. The van der Waals surface area contributed by atoms with Crippen molar-refractivity contribution in [3.63, 3.8) is 0 Å². The van der Waals surface area contributed by atoms with Crippen LogP contribution in [0.1, 0.15) is 15.9 Å². The third-order valence-electron chi connectivity index (χ3n) is 3.11. The summed E-state index contributed by atoms with van der Waals surface area (Å²) < 4.78 is 4.99. The highest BCUT2D eigenvalue weighted by atomic mass is 16.5. The molecule has 21 heavy (non-hydrogen) atoms. The molecule has 0 saturated carbocycles. The molecule has 1 aromatic carbocycles.